The molecular weight excluding hydrogens is 202 g/mol. The van der Waals surface area contributed by atoms with Crippen molar-refractivity contribution in [3.05, 3.63) is 35.4 Å². The molecule has 0 saturated carbocycles. The fraction of sp³-hybridized carbons (Fsp3) is 0.364. The third-order valence-electron chi connectivity index (χ3n) is 2.42. The number of alkyl halides is 2. The van der Waals surface area contributed by atoms with E-state index in [4.69, 9.17) is 5.11 Å². The van der Waals surface area contributed by atoms with Crippen LogP contribution in [-0.4, -0.2) is 11.1 Å². The Labute approximate surface area is 86.5 Å². The van der Waals surface area contributed by atoms with Gasteiger partial charge < -0.3 is 5.11 Å². The Morgan fingerprint density at radius 2 is 1.73 bits per heavy atom. The van der Waals surface area contributed by atoms with E-state index in [0.717, 1.165) is 0 Å². The fourth-order valence-electron chi connectivity index (χ4n) is 1.17. The van der Waals surface area contributed by atoms with Gasteiger partial charge in [0, 0.05) is 5.56 Å². The Hall–Kier alpha value is -1.45. The topological polar surface area (TPSA) is 37.3 Å². The summed E-state index contributed by atoms with van der Waals surface area (Å²) < 4.78 is 24.5. The van der Waals surface area contributed by atoms with Crippen molar-refractivity contribution in [1.82, 2.24) is 0 Å². The minimum Gasteiger partial charge on any atom is -0.481 e. The third-order valence-corrected chi connectivity index (χ3v) is 2.42. The van der Waals surface area contributed by atoms with Gasteiger partial charge in [0.25, 0.3) is 6.43 Å². The maximum absolute atomic E-state index is 12.2. The lowest BCUT2D eigenvalue weighted by Crippen LogP contribution is -2.28. The van der Waals surface area contributed by atoms with Crippen molar-refractivity contribution >= 4 is 5.97 Å². The van der Waals surface area contributed by atoms with Crippen LogP contribution in [0.3, 0.4) is 0 Å². The average Bonchev–Trinajstić information content (AvgIpc) is 2.17. The molecular formula is C11H12F2O2. The molecule has 2 nitrogen and oxygen atoms in total. The standard InChI is InChI=1S/C11H12F2O2/c1-11(2,10(14)15)8-5-3-7(4-6-8)9(12)13/h3-6,9H,1-2H3,(H,14,15). The van der Waals surface area contributed by atoms with E-state index in [0.29, 0.717) is 5.56 Å². The Kier molecular flexibility index (Phi) is 3.07. The van der Waals surface area contributed by atoms with Gasteiger partial charge in [0.2, 0.25) is 0 Å². The van der Waals surface area contributed by atoms with Crippen LogP contribution in [0.5, 0.6) is 0 Å². The highest BCUT2D eigenvalue weighted by atomic mass is 19.3. The van der Waals surface area contributed by atoms with Crippen LogP contribution < -0.4 is 0 Å². The predicted molar refractivity (Wildman–Crippen MR) is 52.1 cm³/mol. The Morgan fingerprint density at radius 3 is 2.07 bits per heavy atom. The summed E-state index contributed by atoms with van der Waals surface area (Å²) in [5.74, 6) is -0.979. The first-order valence-electron chi connectivity index (χ1n) is 4.47. The number of rotatable bonds is 3. The smallest absolute Gasteiger partial charge is 0.313 e. The number of carboxylic acids is 1. The molecule has 0 spiro atoms. The van der Waals surface area contributed by atoms with E-state index in [1.807, 2.05) is 0 Å². The molecule has 1 aromatic carbocycles. The lowest BCUT2D eigenvalue weighted by Gasteiger charge is -2.19. The first-order chi connectivity index (χ1) is 6.85. The van der Waals surface area contributed by atoms with Gasteiger partial charge in [-0.15, -0.1) is 0 Å². The van der Waals surface area contributed by atoms with Crippen molar-refractivity contribution < 1.29 is 18.7 Å². The van der Waals surface area contributed by atoms with Gasteiger partial charge in [-0.2, -0.15) is 0 Å². The van der Waals surface area contributed by atoms with Crippen molar-refractivity contribution in [3.8, 4) is 0 Å². The molecule has 82 valence electrons. The second-order valence-corrected chi connectivity index (χ2v) is 3.85. The number of hydrogen-bond donors (Lipinski definition) is 1. The lowest BCUT2D eigenvalue weighted by atomic mass is 9.84. The molecule has 0 amide bonds. The maximum Gasteiger partial charge on any atom is 0.313 e. The number of benzene rings is 1. The quantitative estimate of drug-likeness (QED) is 0.839. The summed E-state index contributed by atoms with van der Waals surface area (Å²) in [6.45, 7) is 3.07. The first kappa shape index (κ1) is 11.6. The van der Waals surface area contributed by atoms with Gasteiger partial charge in [0.1, 0.15) is 0 Å². The summed E-state index contributed by atoms with van der Waals surface area (Å²) in [5.41, 5.74) is -0.639. The molecule has 0 atom stereocenters. The predicted octanol–water partition coefficient (Wildman–Crippen LogP) is 2.99. The Morgan fingerprint density at radius 1 is 1.27 bits per heavy atom. The summed E-state index contributed by atoms with van der Waals surface area (Å²) in [4.78, 5) is 10.9. The molecule has 0 fully saturated rings. The number of carbonyl (C=O) groups is 1. The average molecular weight is 214 g/mol. The number of aliphatic carboxylic acids is 1. The SMILES string of the molecule is CC(C)(C(=O)O)c1ccc(C(F)F)cc1. The van der Waals surface area contributed by atoms with E-state index in [1.54, 1.807) is 0 Å². The fourth-order valence-corrected chi connectivity index (χ4v) is 1.17. The van der Waals surface area contributed by atoms with Crippen LogP contribution in [-0.2, 0) is 10.2 Å². The van der Waals surface area contributed by atoms with Gasteiger partial charge in [-0.1, -0.05) is 24.3 Å². The summed E-state index contributed by atoms with van der Waals surface area (Å²) in [5, 5.41) is 8.93. The molecule has 1 rings (SSSR count). The Bertz CT molecular complexity index is 355. The normalized spacial score (nSPS) is 11.8. The lowest BCUT2D eigenvalue weighted by molar-refractivity contribution is -0.142. The van der Waals surface area contributed by atoms with E-state index < -0.39 is 17.8 Å². The number of carboxylic acid groups (broad SMARTS) is 1. The van der Waals surface area contributed by atoms with Crippen LogP contribution in [0.2, 0.25) is 0 Å². The zero-order chi connectivity index (χ0) is 11.6. The maximum atomic E-state index is 12.2. The van der Waals surface area contributed by atoms with Gasteiger partial charge >= 0.3 is 5.97 Å². The molecule has 4 heteroatoms. The van der Waals surface area contributed by atoms with Crippen LogP contribution in [0.25, 0.3) is 0 Å². The highest BCUT2D eigenvalue weighted by Crippen LogP contribution is 2.26. The molecule has 0 aromatic heterocycles. The van der Waals surface area contributed by atoms with Crippen LogP contribution in [0.1, 0.15) is 31.4 Å². The molecule has 0 bridgehead atoms. The first-order valence-corrected chi connectivity index (χ1v) is 4.47. The minimum absolute atomic E-state index is 0.0973. The molecule has 0 saturated heterocycles. The highest BCUT2D eigenvalue weighted by molar-refractivity contribution is 5.80. The summed E-state index contributed by atoms with van der Waals surface area (Å²) in [6.07, 6.45) is -2.52. The minimum atomic E-state index is -2.52. The van der Waals surface area contributed by atoms with Gasteiger partial charge in [-0.25, -0.2) is 8.78 Å². The van der Waals surface area contributed by atoms with Crippen LogP contribution >= 0.6 is 0 Å². The van der Waals surface area contributed by atoms with E-state index in [9.17, 15) is 13.6 Å². The van der Waals surface area contributed by atoms with Gasteiger partial charge in [-0.05, 0) is 19.4 Å². The van der Waals surface area contributed by atoms with Crippen LogP contribution in [0.4, 0.5) is 8.78 Å². The molecule has 1 aromatic rings. The van der Waals surface area contributed by atoms with Crippen molar-refractivity contribution in [2.24, 2.45) is 0 Å². The molecule has 0 aliphatic heterocycles. The van der Waals surface area contributed by atoms with Gasteiger partial charge in [-0.3, -0.25) is 4.79 Å². The van der Waals surface area contributed by atoms with Crippen molar-refractivity contribution in [1.29, 1.82) is 0 Å². The summed E-state index contributed by atoms with van der Waals surface area (Å²) in [7, 11) is 0. The molecule has 0 unspecified atom stereocenters. The number of hydrogen-bond acceptors (Lipinski definition) is 1. The largest absolute Gasteiger partial charge is 0.481 e. The van der Waals surface area contributed by atoms with Gasteiger partial charge in [0.15, 0.2) is 0 Å². The van der Waals surface area contributed by atoms with Crippen LogP contribution in [0, 0.1) is 0 Å². The van der Waals surface area contributed by atoms with Crippen molar-refractivity contribution in [3.63, 3.8) is 0 Å². The number of halogens is 2. The zero-order valence-electron chi connectivity index (χ0n) is 8.50. The van der Waals surface area contributed by atoms with Crippen molar-refractivity contribution in [2.45, 2.75) is 25.7 Å². The van der Waals surface area contributed by atoms with E-state index in [1.165, 1.54) is 38.1 Å². The second kappa shape index (κ2) is 3.96. The van der Waals surface area contributed by atoms with E-state index >= 15 is 0 Å². The third kappa shape index (κ3) is 2.32. The van der Waals surface area contributed by atoms with Gasteiger partial charge in [0.05, 0.1) is 5.41 Å². The molecule has 0 aliphatic carbocycles. The molecule has 1 N–H and O–H groups in total. The monoisotopic (exact) mass is 214 g/mol. The zero-order valence-corrected chi connectivity index (χ0v) is 8.50. The molecule has 15 heavy (non-hydrogen) atoms. The van der Waals surface area contributed by atoms with E-state index in [2.05, 4.69) is 0 Å². The Balaban J connectivity index is 3.04. The summed E-state index contributed by atoms with van der Waals surface area (Å²) >= 11 is 0. The van der Waals surface area contributed by atoms with Crippen LogP contribution in [0.15, 0.2) is 24.3 Å². The molecule has 0 radical (unpaired) electrons. The van der Waals surface area contributed by atoms with E-state index in [-0.39, 0.29) is 5.56 Å². The summed E-state index contributed by atoms with van der Waals surface area (Å²) in [6, 6.07) is 5.36. The highest BCUT2D eigenvalue weighted by Gasteiger charge is 2.29. The van der Waals surface area contributed by atoms with Crippen molar-refractivity contribution in [2.75, 3.05) is 0 Å². The molecule has 0 aliphatic rings. The molecule has 0 heterocycles. The second-order valence-electron chi connectivity index (χ2n) is 3.85.